The molecule has 0 aromatic heterocycles. The topological polar surface area (TPSA) is 0 Å². The molecule has 6 heteroatoms. The van der Waals surface area contributed by atoms with E-state index in [0.29, 0.717) is 0 Å². The molecule has 0 aliphatic heterocycles. The summed E-state index contributed by atoms with van der Waals surface area (Å²) in [6.07, 6.45) is 0. The van der Waals surface area contributed by atoms with Crippen molar-refractivity contribution >= 4 is 81.9 Å². The lowest BCUT2D eigenvalue weighted by Gasteiger charge is -2.39. The van der Waals surface area contributed by atoms with Crippen LogP contribution in [0.1, 0.15) is 11.1 Å². The Kier molecular flexibility index (Phi) is 10.5. The molecule has 0 saturated heterocycles. The van der Waals surface area contributed by atoms with Gasteiger partial charge in [-0.15, -0.1) is 23.5 Å². The van der Waals surface area contributed by atoms with E-state index in [1.54, 1.807) is 4.82 Å². The molecule has 0 atom stereocenters. The van der Waals surface area contributed by atoms with E-state index in [-0.39, 0.29) is 0 Å². The molecule has 0 spiro atoms. The predicted molar refractivity (Wildman–Crippen MR) is 185 cm³/mol. The van der Waals surface area contributed by atoms with Crippen LogP contribution in [0.2, 0.25) is 26.2 Å². The smallest absolute Gasteiger partial charge is 0.106 e. The van der Waals surface area contributed by atoms with Crippen molar-refractivity contribution in [3.63, 3.8) is 0 Å². The summed E-state index contributed by atoms with van der Waals surface area (Å²) in [6, 6.07) is 40.1. The van der Waals surface area contributed by atoms with Gasteiger partial charge in [-0.05, 0) is 35.4 Å². The summed E-state index contributed by atoms with van der Waals surface area (Å²) in [7, 11) is -4.00. The highest BCUT2D eigenvalue weighted by Crippen LogP contribution is 2.42. The van der Waals surface area contributed by atoms with Crippen LogP contribution < -0.4 is 10.4 Å². The van der Waals surface area contributed by atoms with Gasteiger partial charge in [-0.1, -0.05) is 158 Å². The van der Waals surface area contributed by atoms with Crippen LogP contribution in [-0.4, -0.2) is 16.1 Å². The van der Waals surface area contributed by atoms with Crippen molar-refractivity contribution in [3.8, 4) is 0 Å². The van der Waals surface area contributed by atoms with Crippen molar-refractivity contribution in [2.24, 2.45) is 0 Å². The van der Waals surface area contributed by atoms with Crippen LogP contribution in [0.3, 0.4) is 0 Å². The molecule has 0 bridgehead atoms. The molecule has 0 unspecified atom stereocenters. The molecule has 38 heavy (non-hydrogen) atoms. The molecule has 0 heterocycles. The maximum Gasteiger partial charge on any atom is 0.106 e. The largest absolute Gasteiger partial charge is 0.115 e. The molecule has 4 aromatic rings. The summed E-state index contributed by atoms with van der Waals surface area (Å²) in [4.78, 5) is 1.74. The van der Waals surface area contributed by atoms with Crippen LogP contribution in [0.4, 0.5) is 0 Å². The number of thioether (sulfide) groups is 2. The van der Waals surface area contributed by atoms with E-state index in [9.17, 15) is 0 Å². The Morgan fingerprint density at radius 1 is 0.526 bits per heavy atom. The molecule has 0 radical (unpaired) electrons. The molecule has 196 valence electrons. The fourth-order valence-electron chi connectivity index (χ4n) is 4.93. The SMILES string of the molecule is C[Si](C)(C(=C(SCc1ccc(Br)cc1)SCc1ccc(Br)cc1)[Si](C)(C)c1ccccc1)c1ccccc1. The number of halogens is 2. The monoisotopic (exact) mass is 696 g/mol. The average Bonchev–Trinajstić information content (AvgIpc) is 2.92. The van der Waals surface area contributed by atoms with Gasteiger partial charge in [0, 0.05) is 24.7 Å². The van der Waals surface area contributed by atoms with E-state index in [1.807, 2.05) is 23.5 Å². The lowest BCUT2D eigenvalue weighted by molar-refractivity contribution is 1.40. The molecule has 0 saturated carbocycles. The van der Waals surface area contributed by atoms with Crippen molar-refractivity contribution in [2.75, 3.05) is 0 Å². The van der Waals surface area contributed by atoms with Gasteiger partial charge in [0.25, 0.3) is 0 Å². The first-order valence-corrected chi connectivity index (χ1v) is 22.3. The van der Waals surface area contributed by atoms with Crippen LogP contribution in [0.25, 0.3) is 0 Å². The fourth-order valence-corrected chi connectivity index (χ4v) is 22.1. The second-order valence-electron chi connectivity index (χ2n) is 10.5. The van der Waals surface area contributed by atoms with E-state index in [0.717, 1.165) is 20.5 Å². The van der Waals surface area contributed by atoms with Gasteiger partial charge < -0.3 is 0 Å². The number of hydrogen-bond acceptors (Lipinski definition) is 2. The quantitative estimate of drug-likeness (QED) is 0.151. The third kappa shape index (κ3) is 7.46. The van der Waals surface area contributed by atoms with Crippen molar-refractivity contribution in [3.05, 3.63) is 138 Å². The molecule has 4 aromatic carbocycles. The van der Waals surface area contributed by atoms with Gasteiger partial charge in [0.15, 0.2) is 0 Å². The molecule has 0 aliphatic rings. The highest BCUT2D eigenvalue weighted by atomic mass is 79.9. The van der Waals surface area contributed by atoms with Crippen LogP contribution in [0, 0.1) is 0 Å². The summed E-state index contributed by atoms with van der Waals surface area (Å²) >= 11 is 11.3. The lowest BCUT2D eigenvalue weighted by atomic mass is 10.2. The zero-order chi connectivity index (χ0) is 27.2. The molecule has 0 aliphatic carbocycles. The highest BCUT2D eigenvalue weighted by molar-refractivity contribution is 9.10. The van der Waals surface area contributed by atoms with Crippen LogP contribution in [-0.2, 0) is 11.5 Å². The first-order valence-electron chi connectivity index (χ1n) is 12.8. The normalized spacial score (nSPS) is 11.8. The van der Waals surface area contributed by atoms with Crippen LogP contribution in [0.5, 0.6) is 0 Å². The minimum atomic E-state index is -2.00. The number of hydrogen-bond donors (Lipinski definition) is 0. The van der Waals surface area contributed by atoms with Gasteiger partial charge in [-0.25, -0.2) is 0 Å². The first-order chi connectivity index (χ1) is 18.2. The average molecular weight is 699 g/mol. The summed E-state index contributed by atoms with van der Waals surface area (Å²) in [5.41, 5.74) is 2.72. The van der Waals surface area contributed by atoms with E-state index in [2.05, 4.69) is 167 Å². The Morgan fingerprint density at radius 2 is 0.868 bits per heavy atom. The van der Waals surface area contributed by atoms with Crippen LogP contribution >= 0.6 is 55.4 Å². The lowest BCUT2D eigenvalue weighted by Crippen LogP contribution is -2.57. The Balaban J connectivity index is 1.85. The van der Waals surface area contributed by atoms with E-state index >= 15 is 0 Å². The summed E-state index contributed by atoms with van der Waals surface area (Å²) in [6.45, 7) is 10.3. The van der Waals surface area contributed by atoms with Crippen molar-refractivity contribution in [1.82, 2.24) is 0 Å². The van der Waals surface area contributed by atoms with Gasteiger partial charge in [-0.2, -0.15) is 0 Å². The van der Waals surface area contributed by atoms with E-state index < -0.39 is 16.1 Å². The Hall–Kier alpha value is -1.29. The zero-order valence-corrected chi connectivity index (χ0v) is 29.2. The Labute approximate surface area is 256 Å². The summed E-state index contributed by atoms with van der Waals surface area (Å²) in [5.74, 6) is 1.94. The van der Waals surface area contributed by atoms with Gasteiger partial charge in [0.1, 0.15) is 16.1 Å². The molecular weight excluding hydrogens is 664 g/mol. The van der Waals surface area contributed by atoms with E-state index in [4.69, 9.17) is 0 Å². The zero-order valence-electron chi connectivity index (χ0n) is 22.4. The minimum absolute atomic E-state index is 0.970. The Bertz CT molecular complexity index is 1250. The van der Waals surface area contributed by atoms with Crippen molar-refractivity contribution < 1.29 is 0 Å². The molecular formula is C32H34Br2S2Si2. The standard InChI is InChI=1S/C32H34Br2S2Si2/c1-37(2,29-11-7-5-8-12-29)32(38(3,4)30-13-9-6-10-14-30)31(35-23-25-15-19-27(33)20-16-25)36-24-26-17-21-28(34)22-18-26/h5-22H,23-24H2,1-4H3. The highest BCUT2D eigenvalue weighted by Gasteiger charge is 2.42. The molecule has 4 rings (SSSR count). The van der Waals surface area contributed by atoms with Gasteiger partial charge in [-0.3, -0.25) is 0 Å². The third-order valence-electron chi connectivity index (χ3n) is 7.01. The first kappa shape index (κ1) is 29.7. The minimum Gasteiger partial charge on any atom is -0.115 e. The maximum absolute atomic E-state index is 3.60. The van der Waals surface area contributed by atoms with E-state index in [1.165, 1.54) is 25.7 Å². The molecule has 0 nitrogen and oxygen atoms in total. The van der Waals surface area contributed by atoms with Gasteiger partial charge in [0.05, 0.1) is 0 Å². The molecule has 0 N–H and O–H groups in total. The summed E-state index contributed by atoms with van der Waals surface area (Å²) < 4.78 is 3.78. The second kappa shape index (κ2) is 13.4. The second-order valence-corrected chi connectivity index (χ2v) is 23.7. The van der Waals surface area contributed by atoms with Gasteiger partial charge in [0.2, 0.25) is 0 Å². The fraction of sp³-hybridized carbons (Fsp3) is 0.188. The molecule has 0 fully saturated rings. The maximum atomic E-state index is 3.60. The number of rotatable bonds is 10. The Morgan fingerprint density at radius 3 is 1.21 bits per heavy atom. The van der Waals surface area contributed by atoms with Crippen molar-refractivity contribution in [2.45, 2.75) is 37.7 Å². The third-order valence-corrected chi connectivity index (χ3v) is 21.7. The van der Waals surface area contributed by atoms with Crippen molar-refractivity contribution in [1.29, 1.82) is 0 Å². The summed E-state index contributed by atoms with van der Waals surface area (Å²) in [5, 5.41) is 3.02. The number of benzene rings is 4. The predicted octanol–water partition coefficient (Wildman–Crippen LogP) is 9.90. The molecule has 0 amide bonds. The van der Waals surface area contributed by atoms with Gasteiger partial charge >= 0.3 is 0 Å². The van der Waals surface area contributed by atoms with Crippen LogP contribution in [0.15, 0.2) is 127 Å².